The Kier molecular flexibility index (Phi) is 4.00. The number of rotatable bonds is 5. The Morgan fingerprint density at radius 1 is 1.41 bits per heavy atom. The van der Waals surface area contributed by atoms with Gasteiger partial charge in [-0.2, -0.15) is 0 Å². The van der Waals surface area contributed by atoms with Gasteiger partial charge in [0.1, 0.15) is 23.2 Å². The van der Waals surface area contributed by atoms with Crippen LogP contribution in [0.5, 0.6) is 11.5 Å². The average molecular weight is 240 g/mol. The maximum atomic E-state index is 10.8. The second-order valence-corrected chi connectivity index (χ2v) is 3.44. The molecule has 4 N–H and O–H groups in total. The third-order valence-corrected chi connectivity index (χ3v) is 2.34. The molecular formula is C10H12N2O5. The molecule has 7 heteroatoms. The van der Waals surface area contributed by atoms with Gasteiger partial charge in [-0.05, 0) is 23.9 Å². The number of carbonyl (C=O) groups is 1. The number of carboxylic acid groups (broad SMARTS) is 1. The summed E-state index contributed by atoms with van der Waals surface area (Å²) in [6, 6.07) is 1.22. The molecule has 1 aromatic rings. The van der Waals surface area contributed by atoms with Crippen molar-refractivity contribution in [3.63, 3.8) is 0 Å². The highest BCUT2D eigenvalue weighted by atomic mass is 16.4. The number of hydrogen-bond donors (Lipinski definition) is 4. The maximum absolute atomic E-state index is 10.8. The Hall–Kier alpha value is -2.15. The molecule has 0 aromatic heterocycles. The van der Waals surface area contributed by atoms with E-state index in [9.17, 15) is 19.9 Å². The molecular weight excluding hydrogens is 228 g/mol. The molecule has 1 rings (SSSR count). The van der Waals surface area contributed by atoms with Crippen LogP contribution in [-0.4, -0.2) is 34.4 Å². The van der Waals surface area contributed by atoms with Gasteiger partial charge in [-0.25, -0.2) is 0 Å². The Morgan fingerprint density at radius 3 is 2.53 bits per heavy atom. The van der Waals surface area contributed by atoms with E-state index in [4.69, 9.17) is 5.11 Å². The van der Waals surface area contributed by atoms with E-state index in [0.717, 1.165) is 12.1 Å². The second kappa shape index (κ2) is 5.26. The first-order valence-corrected chi connectivity index (χ1v) is 4.77. The molecule has 0 radical (unpaired) electrons. The van der Waals surface area contributed by atoms with Crippen LogP contribution in [0.3, 0.4) is 0 Å². The van der Waals surface area contributed by atoms with Gasteiger partial charge in [0.2, 0.25) is 0 Å². The fraction of sp³-hybridized carbons (Fsp3) is 0.300. The lowest BCUT2D eigenvalue weighted by Crippen LogP contribution is -2.35. The third kappa shape index (κ3) is 2.91. The molecule has 7 nitrogen and oxygen atoms in total. The maximum Gasteiger partial charge on any atom is 0.321 e. The van der Waals surface area contributed by atoms with E-state index in [1.54, 1.807) is 0 Å². The van der Waals surface area contributed by atoms with Gasteiger partial charge in [0.15, 0.2) is 0 Å². The van der Waals surface area contributed by atoms with Crippen LogP contribution < -0.4 is 5.32 Å². The lowest BCUT2D eigenvalue weighted by molar-refractivity contribution is -0.139. The predicted octanol–water partition coefficient (Wildman–Crippen LogP) is 0.711. The minimum absolute atomic E-state index is 0.0273. The monoisotopic (exact) mass is 240 g/mol. The minimum atomic E-state index is -1.08. The number of hydrogen-bond acceptors (Lipinski definition) is 6. The number of phenolic OH excluding ortho intramolecular Hbond substituents is 2. The van der Waals surface area contributed by atoms with Crippen LogP contribution in [0, 0.1) is 4.91 Å². The molecule has 0 aliphatic heterocycles. The number of aliphatic carboxylic acids is 1. The summed E-state index contributed by atoms with van der Waals surface area (Å²) in [5, 5.41) is 32.7. The van der Waals surface area contributed by atoms with E-state index < -0.39 is 17.8 Å². The molecule has 0 aliphatic carbocycles. The number of aromatic hydroxyl groups is 2. The number of nitrogens with zero attached hydrogens (tertiary/aromatic N) is 1. The van der Waals surface area contributed by atoms with E-state index in [0.29, 0.717) is 0 Å². The van der Waals surface area contributed by atoms with Crippen molar-refractivity contribution in [1.29, 1.82) is 0 Å². The summed E-state index contributed by atoms with van der Waals surface area (Å²) in [6.07, 6.45) is -0.0273. The summed E-state index contributed by atoms with van der Waals surface area (Å²) in [7, 11) is 1.47. The largest absolute Gasteiger partial charge is 0.508 e. The minimum Gasteiger partial charge on any atom is -0.508 e. The fourth-order valence-corrected chi connectivity index (χ4v) is 1.38. The van der Waals surface area contributed by atoms with Gasteiger partial charge in [0.05, 0.1) is 0 Å². The van der Waals surface area contributed by atoms with E-state index in [1.807, 2.05) is 0 Å². The van der Waals surface area contributed by atoms with Gasteiger partial charge >= 0.3 is 5.97 Å². The first-order valence-electron chi connectivity index (χ1n) is 4.77. The molecule has 0 amide bonds. The molecule has 0 spiro atoms. The quantitative estimate of drug-likeness (QED) is 0.563. The van der Waals surface area contributed by atoms with Crippen LogP contribution in [0.4, 0.5) is 5.69 Å². The van der Waals surface area contributed by atoms with Gasteiger partial charge in [-0.15, -0.1) is 4.91 Å². The molecule has 17 heavy (non-hydrogen) atoms. The number of likely N-dealkylation sites (N-methyl/N-ethyl adjacent to an activating group) is 1. The average Bonchev–Trinajstić information content (AvgIpc) is 2.27. The van der Waals surface area contributed by atoms with Gasteiger partial charge in [0.25, 0.3) is 0 Å². The Balaban J connectivity index is 3.05. The molecule has 0 saturated carbocycles. The lowest BCUT2D eigenvalue weighted by atomic mass is 10.0. The molecule has 1 atom stereocenters. The molecule has 0 aliphatic rings. The zero-order chi connectivity index (χ0) is 13.0. The number of carboxylic acids is 1. The van der Waals surface area contributed by atoms with Crippen molar-refractivity contribution in [2.24, 2.45) is 5.18 Å². The molecule has 0 saturated heterocycles. The zero-order valence-electron chi connectivity index (χ0n) is 9.04. The summed E-state index contributed by atoms with van der Waals surface area (Å²) >= 11 is 0. The van der Waals surface area contributed by atoms with Crippen LogP contribution in [0.15, 0.2) is 17.3 Å². The van der Waals surface area contributed by atoms with Crippen LogP contribution in [-0.2, 0) is 11.2 Å². The highest BCUT2D eigenvalue weighted by Gasteiger charge is 2.19. The van der Waals surface area contributed by atoms with E-state index in [-0.39, 0.29) is 23.4 Å². The number of nitroso groups, excluding NO2 is 1. The van der Waals surface area contributed by atoms with Crippen LogP contribution in [0.1, 0.15) is 5.56 Å². The van der Waals surface area contributed by atoms with Gasteiger partial charge in [-0.1, -0.05) is 0 Å². The van der Waals surface area contributed by atoms with E-state index in [2.05, 4.69) is 10.5 Å². The van der Waals surface area contributed by atoms with Crippen LogP contribution in [0.25, 0.3) is 0 Å². The third-order valence-electron chi connectivity index (χ3n) is 2.34. The van der Waals surface area contributed by atoms with Gasteiger partial charge in [0, 0.05) is 12.5 Å². The van der Waals surface area contributed by atoms with Crippen molar-refractivity contribution in [3.05, 3.63) is 22.6 Å². The van der Waals surface area contributed by atoms with Crippen molar-refractivity contribution >= 4 is 11.7 Å². The van der Waals surface area contributed by atoms with Crippen LogP contribution in [0.2, 0.25) is 0 Å². The summed E-state index contributed by atoms with van der Waals surface area (Å²) in [6.45, 7) is 0. The molecule has 1 aromatic carbocycles. The van der Waals surface area contributed by atoms with E-state index in [1.165, 1.54) is 7.05 Å². The highest BCUT2D eigenvalue weighted by molar-refractivity contribution is 5.74. The van der Waals surface area contributed by atoms with Crippen LogP contribution >= 0.6 is 0 Å². The first-order chi connectivity index (χ1) is 7.99. The van der Waals surface area contributed by atoms with Gasteiger partial charge < -0.3 is 20.6 Å². The summed E-state index contributed by atoms with van der Waals surface area (Å²) in [5.41, 5.74) is -0.0165. The standard InChI is InChI=1S/C10H12N2O5/c1-11-7(10(15)16)3-5-2-6(12-17)9(14)4-8(5)13/h2,4,7,11,13-14H,3H2,1H3,(H,15,16)/t7-/m0/s1. The van der Waals surface area contributed by atoms with Crippen molar-refractivity contribution in [2.75, 3.05) is 7.05 Å². The number of nitrogens with one attached hydrogen (secondary N) is 1. The molecule has 0 heterocycles. The Morgan fingerprint density at radius 2 is 2.06 bits per heavy atom. The topological polar surface area (TPSA) is 119 Å². The summed E-state index contributed by atoms with van der Waals surface area (Å²) in [4.78, 5) is 21.1. The molecule has 92 valence electrons. The highest BCUT2D eigenvalue weighted by Crippen LogP contribution is 2.33. The predicted molar refractivity (Wildman–Crippen MR) is 59.4 cm³/mol. The molecule has 0 unspecified atom stereocenters. The number of benzene rings is 1. The summed E-state index contributed by atoms with van der Waals surface area (Å²) in [5.74, 6) is -1.81. The molecule has 0 fully saturated rings. The van der Waals surface area contributed by atoms with Crippen molar-refractivity contribution in [1.82, 2.24) is 5.32 Å². The smallest absolute Gasteiger partial charge is 0.321 e. The zero-order valence-corrected chi connectivity index (χ0v) is 9.04. The van der Waals surface area contributed by atoms with Crippen molar-refractivity contribution < 1.29 is 20.1 Å². The van der Waals surface area contributed by atoms with Crippen molar-refractivity contribution in [2.45, 2.75) is 12.5 Å². The molecule has 0 bridgehead atoms. The Bertz CT molecular complexity index is 447. The number of phenols is 2. The normalized spacial score (nSPS) is 12.1. The van der Waals surface area contributed by atoms with E-state index >= 15 is 0 Å². The summed E-state index contributed by atoms with van der Waals surface area (Å²) < 4.78 is 0. The van der Waals surface area contributed by atoms with Gasteiger partial charge in [-0.3, -0.25) is 4.79 Å². The van der Waals surface area contributed by atoms with Crippen molar-refractivity contribution in [3.8, 4) is 11.5 Å². The fourth-order valence-electron chi connectivity index (χ4n) is 1.38. The Labute approximate surface area is 96.7 Å². The lowest BCUT2D eigenvalue weighted by Gasteiger charge is -2.12. The first kappa shape index (κ1) is 12.9. The SMILES string of the molecule is CN[C@@H](Cc1cc(N=O)c(O)cc1O)C(=O)O. The second-order valence-electron chi connectivity index (χ2n) is 3.44.